The lowest BCUT2D eigenvalue weighted by Crippen LogP contribution is -2.27. The van der Waals surface area contributed by atoms with Gasteiger partial charge in [0.05, 0.1) is 5.52 Å². The van der Waals surface area contributed by atoms with Crippen LogP contribution in [-0.2, 0) is 4.87 Å². The van der Waals surface area contributed by atoms with Crippen LogP contribution >= 0.6 is 11.8 Å². The van der Waals surface area contributed by atoms with Crippen molar-refractivity contribution in [2.75, 3.05) is 0 Å². The quantitative estimate of drug-likeness (QED) is 0.640. The standard InChI is InChI=1S/C17H19N3S/c1-3-13-17(2,21-14-9-5-4-6-10-14)20-16-12-8-7-11-15(16)18-19-20/h4-12H,3,13H2,1-2H3. The van der Waals surface area contributed by atoms with Crippen molar-refractivity contribution in [2.24, 2.45) is 0 Å². The highest BCUT2D eigenvalue weighted by Gasteiger charge is 2.29. The lowest BCUT2D eigenvalue weighted by molar-refractivity contribution is 0.405. The Labute approximate surface area is 129 Å². The number of para-hydroxylation sites is 1. The Bertz CT molecular complexity index is 723. The first-order valence-electron chi connectivity index (χ1n) is 7.28. The van der Waals surface area contributed by atoms with Gasteiger partial charge in [0.1, 0.15) is 10.4 Å². The van der Waals surface area contributed by atoms with E-state index in [-0.39, 0.29) is 4.87 Å². The fourth-order valence-electron chi connectivity index (χ4n) is 2.62. The van der Waals surface area contributed by atoms with Crippen LogP contribution in [0.25, 0.3) is 11.0 Å². The van der Waals surface area contributed by atoms with Gasteiger partial charge in [-0.3, -0.25) is 0 Å². The van der Waals surface area contributed by atoms with E-state index in [1.54, 1.807) is 0 Å². The Morgan fingerprint density at radius 1 is 1.05 bits per heavy atom. The maximum atomic E-state index is 4.43. The van der Waals surface area contributed by atoms with E-state index >= 15 is 0 Å². The molecule has 108 valence electrons. The topological polar surface area (TPSA) is 30.7 Å². The molecule has 0 aliphatic carbocycles. The van der Waals surface area contributed by atoms with Crippen LogP contribution in [0, 0.1) is 0 Å². The van der Waals surface area contributed by atoms with Crippen LogP contribution < -0.4 is 0 Å². The van der Waals surface area contributed by atoms with Gasteiger partial charge in [-0.05, 0) is 37.6 Å². The molecule has 1 unspecified atom stereocenters. The molecule has 0 aliphatic rings. The fraction of sp³-hybridized carbons (Fsp3) is 0.294. The molecule has 3 rings (SSSR count). The Morgan fingerprint density at radius 3 is 2.52 bits per heavy atom. The molecule has 21 heavy (non-hydrogen) atoms. The molecule has 0 saturated carbocycles. The van der Waals surface area contributed by atoms with Crippen LogP contribution in [0.2, 0.25) is 0 Å². The number of rotatable bonds is 5. The van der Waals surface area contributed by atoms with Crippen LogP contribution in [0.1, 0.15) is 26.7 Å². The summed E-state index contributed by atoms with van der Waals surface area (Å²) >= 11 is 1.85. The predicted molar refractivity (Wildman–Crippen MR) is 88.4 cm³/mol. The molecule has 4 heteroatoms. The second-order valence-electron chi connectivity index (χ2n) is 5.33. The van der Waals surface area contributed by atoms with Gasteiger partial charge in [-0.2, -0.15) is 0 Å². The van der Waals surface area contributed by atoms with Crippen LogP contribution in [-0.4, -0.2) is 15.0 Å². The van der Waals surface area contributed by atoms with Crippen molar-refractivity contribution >= 4 is 22.8 Å². The van der Waals surface area contributed by atoms with Gasteiger partial charge in [0.25, 0.3) is 0 Å². The van der Waals surface area contributed by atoms with Gasteiger partial charge >= 0.3 is 0 Å². The summed E-state index contributed by atoms with van der Waals surface area (Å²) in [7, 11) is 0. The van der Waals surface area contributed by atoms with E-state index in [2.05, 4.69) is 59.2 Å². The minimum Gasteiger partial charge on any atom is -0.228 e. The number of benzene rings is 2. The molecule has 2 aromatic carbocycles. The number of fused-ring (bicyclic) bond motifs is 1. The maximum Gasteiger partial charge on any atom is 0.113 e. The van der Waals surface area contributed by atoms with Gasteiger partial charge in [0, 0.05) is 4.90 Å². The maximum absolute atomic E-state index is 4.43. The lowest BCUT2D eigenvalue weighted by atomic mass is 10.2. The largest absolute Gasteiger partial charge is 0.228 e. The fourth-order valence-corrected chi connectivity index (χ4v) is 3.95. The summed E-state index contributed by atoms with van der Waals surface area (Å²) in [5.41, 5.74) is 2.05. The molecule has 3 aromatic rings. The highest BCUT2D eigenvalue weighted by atomic mass is 32.2. The van der Waals surface area contributed by atoms with Crippen molar-refractivity contribution in [3.63, 3.8) is 0 Å². The molecule has 0 radical (unpaired) electrons. The first-order valence-corrected chi connectivity index (χ1v) is 8.09. The van der Waals surface area contributed by atoms with E-state index in [9.17, 15) is 0 Å². The Balaban J connectivity index is 2.04. The van der Waals surface area contributed by atoms with E-state index in [1.807, 2.05) is 36.0 Å². The van der Waals surface area contributed by atoms with Crippen LogP contribution in [0.5, 0.6) is 0 Å². The van der Waals surface area contributed by atoms with E-state index in [0.717, 1.165) is 23.9 Å². The highest BCUT2D eigenvalue weighted by molar-refractivity contribution is 8.00. The van der Waals surface area contributed by atoms with E-state index in [0.29, 0.717) is 0 Å². The third-order valence-electron chi connectivity index (χ3n) is 3.59. The number of nitrogens with zero attached hydrogens (tertiary/aromatic N) is 3. The molecule has 0 saturated heterocycles. The molecule has 0 amide bonds. The summed E-state index contributed by atoms with van der Waals surface area (Å²) in [5, 5.41) is 8.74. The molecule has 1 aromatic heterocycles. The minimum absolute atomic E-state index is 0.133. The van der Waals surface area contributed by atoms with Gasteiger partial charge in [-0.15, -0.1) is 5.10 Å². The second kappa shape index (κ2) is 5.90. The molecule has 0 bridgehead atoms. The first kappa shape index (κ1) is 14.1. The third-order valence-corrected chi connectivity index (χ3v) is 4.92. The van der Waals surface area contributed by atoms with Crippen LogP contribution in [0.4, 0.5) is 0 Å². The molecule has 0 aliphatic heterocycles. The summed E-state index contributed by atoms with van der Waals surface area (Å²) in [6.45, 7) is 4.46. The van der Waals surface area contributed by atoms with Crippen molar-refractivity contribution in [1.29, 1.82) is 0 Å². The van der Waals surface area contributed by atoms with Gasteiger partial charge in [-0.25, -0.2) is 4.68 Å². The molecule has 3 nitrogen and oxygen atoms in total. The van der Waals surface area contributed by atoms with Crippen LogP contribution in [0.15, 0.2) is 59.5 Å². The summed E-state index contributed by atoms with van der Waals surface area (Å²) in [6.07, 6.45) is 2.14. The summed E-state index contributed by atoms with van der Waals surface area (Å²) in [5.74, 6) is 0. The van der Waals surface area contributed by atoms with E-state index in [1.165, 1.54) is 4.90 Å². The SMILES string of the molecule is CCCC(C)(Sc1ccccc1)n1nnc2ccccc21. The highest BCUT2D eigenvalue weighted by Crippen LogP contribution is 2.41. The molecule has 1 heterocycles. The van der Waals surface area contributed by atoms with E-state index < -0.39 is 0 Å². The molecular weight excluding hydrogens is 278 g/mol. The smallest absolute Gasteiger partial charge is 0.113 e. The van der Waals surface area contributed by atoms with Crippen molar-refractivity contribution in [3.8, 4) is 0 Å². The summed E-state index contributed by atoms with van der Waals surface area (Å²) in [6, 6.07) is 18.7. The van der Waals surface area contributed by atoms with Gasteiger partial charge in [0.15, 0.2) is 0 Å². The Hall–Kier alpha value is -1.81. The van der Waals surface area contributed by atoms with Gasteiger partial charge < -0.3 is 0 Å². The zero-order chi connectivity index (χ0) is 14.7. The second-order valence-corrected chi connectivity index (χ2v) is 6.89. The summed E-state index contributed by atoms with van der Waals surface area (Å²) in [4.78, 5) is 1.12. The average Bonchev–Trinajstić information content (AvgIpc) is 2.93. The Morgan fingerprint density at radius 2 is 1.76 bits per heavy atom. The first-order chi connectivity index (χ1) is 10.2. The predicted octanol–water partition coefficient (Wildman–Crippen LogP) is 4.70. The lowest BCUT2D eigenvalue weighted by Gasteiger charge is -2.29. The molecule has 0 fully saturated rings. The van der Waals surface area contributed by atoms with E-state index in [4.69, 9.17) is 0 Å². The zero-order valence-corrected chi connectivity index (χ0v) is 13.2. The average molecular weight is 297 g/mol. The van der Waals surface area contributed by atoms with Gasteiger partial charge in [-0.1, -0.05) is 60.7 Å². The number of hydrogen-bond acceptors (Lipinski definition) is 3. The molecule has 1 atom stereocenters. The van der Waals surface area contributed by atoms with Crippen molar-refractivity contribution in [3.05, 3.63) is 54.6 Å². The Kier molecular flexibility index (Phi) is 3.97. The monoisotopic (exact) mass is 297 g/mol. The minimum atomic E-state index is -0.133. The van der Waals surface area contributed by atoms with Gasteiger partial charge in [0.2, 0.25) is 0 Å². The molecule has 0 N–H and O–H groups in total. The van der Waals surface area contributed by atoms with Crippen molar-refractivity contribution in [2.45, 2.75) is 36.5 Å². The van der Waals surface area contributed by atoms with Crippen molar-refractivity contribution in [1.82, 2.24) is 15.0 Å². The number of aromatic nitrogens is 3. The molecule has 0 spiro atoms. The molecular formula is C17H19N3S. The third kappa shape index (κ3) is 2.81. The van der Waals surface area contributed by atoms with Crippen molar-refractivity contribution < 1.29 is 0 Å². The normalized spacial score (nSPS) is 14.2. The van der Waals surface area contributed by atoms with Crippen LogP contribution in [0.3, 0.4) is 0 Å². The summed E-state index contributed by atoms with van der Waals surface area (Å²) < 4.78 is 2.07. The zero-order valence-electron chi connectivity index (χ0n) is 12.4. The number of thioether (sulfide) groups is 1. The number of hydrogen-bond donors (Lipinski definition) is 0.